The summed E-state index contributed by atoms with van der Waals surface area (Å²) in [6.45, 7) is 8.86. The van der Waals surface area contributed by atoms with Crippen molar-refractivity contribution in [1.82, 2.24) is 10.2 Å². The van der Waals surface area contributed by atoms with Crippen LogP contribution in [0.1, 0.15) is 43.9 Å². The van der Waals surface area contributed by atoms with Gasteiger partial charge in [-0.1, -0.05) is 48.9 Å². The first-order chi connectivity index (χ1) is 19.0. The van der Waals surface area contributed by atoms with Gasteiger partial charge >= 0.3 is 0 Å². The molecule has 3 rings (SSSR count). The van der Waals surface area contributed by atoms with Crippen molar-refractivity contribution in [3.8, 4) is 5.75 Å². The summed E-state index contributed by atoms with van der Waals surface area (Å²) in [7, 11) is -2.55. The van der Waals surface area contributed by atoms with Crippen molar-refractivity contribution in [2.75, 3.05) is 18.0 Å². The average Bonchev–Trinajstić information content (AvgIpc) is 2.94. The Morgan fingerprint density at radius 1 is 0.925 bits per heavy atom. The van der Waals surface area contributed by atoms with Gasteiger partial charge in [-0.3, -0.25) is 13.9 Å². The topological polar surface area (TPSA) is 96.0 Å². The third-order valence-corrected chi connectivity index (χ3v) is 8.62. The van der Waals surface area contributed by atoms with Crippen molar-refractivity contribution in [3.63, 3.8) is 0 Å². The van der Waals surface area contributed by atoms with Crippen LogP contribution in [0.25, 0.3) is 0 Å². The molecule has 0 saturated heterocycles. The van der Waals surface area contributed by atoms with Gasteiger partial charge in [-0.15, -0.1) is 0 Å². The van der Waals surface area contributed by atoms with E-state index >= 15 is 0 Å². The van der Waals surface area contributed by atoms with Crippen molar-refractivity contribution in [3.05, 3.63) is 89.5 Å². The Bertz CT molecular complexity index is 1420. The number of carbonyl (C=O) groups is 2. The lowest BCUT2D eigenvalue weighted by atomic mass is 10.1. The molecule has 9 heteroatoms. The lowest BCUT2D eigenvalue weighted by Crippen LogP contribution is -2.52. The molecule has 3 aromatic rings. The molecule has 40 heavy (non-hydrogen) atoms. The Labute approximate surface area is 238 Å². The largest absolute Gasteiger partial charge is 0.497 e. The SMILES string of the molecule is CCC(C)NC(=O)C(C)N(Cc1cccc(OC)c1)C(=O)CN(c1cccc(C)c1)S(=O)(=O)c1ccc(C)cc1. The van der Waals surface area contributed by atoms with Gasteiger partial charge in [0, 0.05) is 12.6 Å². The van der Waals surface area contributed by atoms with Gasteiger partial charge in [0.15, 0.2) is 0 Å². The molecule has 0 saturated carbocycles. The molecule has 0 heterocycles. The lowest BCUT2D eigenvalue weighted by molar-refractivity contribution is -0.139. The third-order valence-electron chi connectivity index (χ3n) is 6.83. The molecular weight excluding hydrogens is 526 g/mol. The molecule has 2 unspecified atom stereocenters. The van der Waals surface area contributed by atoms with E-state index in [0.717, 1.165) is 27.4 Å². The first-order valence-electron chi connectivity index (χ1n) is 13.3. The number of rotatable bonds is 12. The van der Waals surface area contributed by atoms with E-state index in [1.807, 2.05) is 45.9 Å². The van der Waals surface area contributed by atoms with E-state index in [1.165, 1.54) is 17.0 Å². The van der Waals surface area contributed by atoms with Gasteiger partial charge in [-0.2, -0.15) is 0 Å². The smallest absolute Gasteiger partial charge is 0.264 e. The summed E-state index contributed by atoms with van der Waals surface area (Å²) in [5.41, 5.74) is 2.89. The Hall–Kier alpha value is -3.85. The van der Waals surface area contributed by atoms with Crippen LogP contribution in [-0.2, 0) is 26.2 Å². The first-order valence-corrected chi connectivity index (χ1v) is 14.8. The molecule has 0 spiro atoms. The van der Waals surface area contributed by atoms with Crippen molar-refractivity contribution < 1.29 is 22.7 Å². The third kappa shape index (κ3) is 7.63. The minimum absolute atomic E-state index is 0.0746. The number of nitrogens with one attached hydrogen (secondary N) is 1. The molecule has 0 aliphatic heterocycles. The van der Waals surface area contributed by atoms with E-state index < -0.39 is 28.5 Å². The Morgan fingerprint density at radius 2 is 1.60 bits per heavy atom. The van der Waals surface area contributed by atoms with Crippen LogP contribution in [-0.4, -0.2) is 50.9 Å². The standard InChI is InChI=1S/C31H39N3O5S/c1-7-24(4)32-31(36)25(5)33(20-26-11-9-13-28(19-26)39-6)30(35)21-34(27-12-8-10-23(3)18-27)40(37,38)29-16-14-22(2)15-17-29/h8-19,24-25H,7,20-21H2,1-6H3,(H,32,36). The summed E-state index contributed by atoms with van der Waals surface area (Å²) in [5.74, 6) is -0.203. The molecule has 2 atom stereocenters. The van der Waals surface area contributed by atoms with Gasteiger partial charge in [0.05, 0.1) is 17.7 Å². The fourth-order valence-corrected chi connectivity index (χ4v) is 5.57. The van der Waals surface area contributed by atoms with Gasteiger partial charge in [-0.25, -0.2) is 8.42 Å². The lowest BCUT2D eigenvalue weighted by Gasteiger charge is -2.32. The number of ether oxygens (including phenoxy) is 1. The summed E-state index contributed by atoms with van der Waals surface area (Å²) in [6.07, 6.45) is 0.734. The highest BCUT2D eigenvalue weighted by atomic mass is 32.2. The number of amides is 2. The fourth-order valence-electron chi connectivity index (χ4n) is 4.16. The van der Waals surface area contributed by atoms with Crippen LogP contribution >= 0.6 is 0 Å². The molecule has 3 aromatic carbocycles. The number of anilines is 1. The van der Waals surface area contributed by atoms with Gasteiger partial charge in [0.2, 0.25) is 11.8 Å². The molecule has 2 amide bonds. The summed E-state index contributed by atoms with van der Waals surface area (Å²) >= 11 is 0. The minimum Gasteiger partial charge on any atom is -0.497 e. The molecule has 0 bridgehead atoms. The van der Waals surface area contributed by atoms with Crippen LogP contribution in [0.4, 0.5) is 5.69 Å². The van der Waals surface area contributed by atoms with E-state index in [-0.39, 0.29) is 23.4 Å². The summed E-state index contributed by atoms with van der Waals surface area (Å²) in [4.78, 5) is 28.7. The molecule has 214 valence electrons. The van der Waals surface area contributed by atoms with E-state index in [0.29, 0.717) is 11.4 Å². The van der Waals surface area contributed by atoms with Crippen molar-refractivity contribution in [2.24, 2.45) is 0 Å². The van der Waals surface area contributed by atoms with Crippen molar-refractivity contribution >= 4 is 27.5 Å². The summed E-state index contributed by atoms with van der Waals surface area (Å²) in [6, 6.07) is 19.8. The molecule has 1 N–H and O–H groups in total. The number of aryl methyl sites for hydroxylation is 2. The second-order valence-corrected chi connectivity index (χ2v) is 11.9. The van der Waals surface area contributed by atoms with Gasteiger partial charge in [0.1, 0.15) is 18.3 Å². The predicted octanol–water partition coefficient (Wildman–Crippen LogP) is 4.84. The van der Waals surface area contributed by atoms with E-state index in [9.17, 15) is 18.0 Å². The zero-order chi connectivity index (χ0) is 29.4. The second kappa shape index (κ2) is 13.5. The first kappa shape index (κ1) is 30.7. The fraction of sp³-hybridized carbons (Fsp3) is 0.355. The molecule has 8 nitrogen and oxygen atoms in total. The number of benzene rings is 3. The summed E-state index contributed by atoms with van der Waals surface area (Å²) in [5, 5.41) is 2.94. The number of sulfonamides is 1. The van der Waals surface area contributed by atoms with Crippen LogP contribution in [0.5, 0.6) is 5.75 Å². The molecule has 0 aliphatic carbocycles. The highest BCUT2D eigenvalue weighted by Crippen LogP contribution is 2.26. The van der Waals surface area contributed by atoms with Crippen LogP contribution in [0.3, 0.4) is 0 Å². The Kier molecular flexibility index (Phi) is 10.3. The highest BCUT2D eigenvalue weighted by molar-refractivity contribution is 7.92. The van der Waals surface area contributed by atoms with Crippen LogP contribution in [0, 0.1) is 13.8 Å². The number of methoxy groups -OCH3 is 1. The van der Waals surface area contributed by atoms with Crippen molar-refractivity contribution in [1.29, 1.82) is 0 Å². The number of carbonyl (C=O) groups excluding carboxylic acids is 2. The maximum atomic E-state index is 14.0. The zero-order valence-electron chi connectivity index (χ0n) is 24.0. The van der Waals surface area contributed by atoms with Gasteiger partial charge < -0.3 is 15.0 Å². The maximum Gasteiger partial charge on any atom is 0.264 e. The van der Waals surface area contributed by atoms with Crippen LogP contribution < -0.4 is 14.4 Å². The molecule has 0 aliphatic rings. The zero-order valence-corrected chi connectivity index (χ0v) is 24.9. The molecular formula is C31H39N3O5S. The monoisotopic (exact) mass is 565 g/mol. The molecule has 0 fully saturated rings. The van der Waals surface area contributed by atoms with E-state index in [2.05, 4.69) is 5.32 Å². The van der Waals surface area contributed by atoms with E-state index in [1.54, 1.807) is 56.5 Å². The van der Waals surface area contributed by atoms with Gasteiger partial charge in [-0.05, 0) is 81.6 Å². The van der Waals surface area contributed by atoms with Crippen LogP contribution in [0.15, 0.2) is 77.7 Å². The van der Waals surface area contributed by atoms with Crippen molar-refractivity contribution in [2.45, 2.75) is 64.6 Å². The predicted molar refractivity (Wildman–Crippen MR) is 158 cm³/mol. The maximum absolute atomic E-state index is 14.0. The minimum atomic E-state index is -4.10. The average molecular weight is 566 g/mol. The summed E-state index contributed by atoms with van der Waals surface area (Å²) < 4.78 is 34.3. The number of hydrogen-bond acceptors (Lipinski definition) is 5. The van der Waals surface area contributed by atoms with Gasteiger partial charge in [0.25, 0.3) is 10.0 Å². The second-order valence-electron chi connectivity index (χ2n) is 10.0. The highest BCUT2D eigenvalue weighted by Gasteiger charge is 2.32. The normalized spacial score (nSPS) is 12.8. The van der Waals surface area contributed by atoms with E-state index in [4.69, 9.17) is 4.74 Å². The Morgan fingerprint density at radius 3 is 2.23 bits per heavy atom. The van der Waals surface area contributed by atoms with Crippen LogP contribution in [0.2, 0.25) is 0 Å². The number of nitrogens with zero attached hydrogens (tertiary/aromatic N) is 2. The number of hydrogen-bond donors (Lipinski definition) is 1. The quantitative estimate of drug-likeness (QED) is 0.339. The Balaban J connectivity index is 2.03. The molecule has 0 aromatic heterocycles. The molecule has 0 radical (unpaired) electrons.